The van der Waals surface area contributed by atoms with Gasteiger partial charge in [0.2, 0.25) is 0 Å². The second-order valence-electron chi connectivity index (χ2n) is 4.90. The van der Waals surface area contributed by atoms with E-state index in [0.29, 0.717) is 10.6 Å². The summed E-state index contributed by atoms with van der Waals surface area (Å²) in [4.78, 5) is 13.9. The molecular formula is C14H18ClNO3S. The fourth-order valence-electron chi connectivity index (χ4n) is 2.35. The first-order valence-electron chi connectivity index (χ1n) is 6.71. The molecule has 0 aromatic heterocycles. The monoisotopic (exact) mass is 315 g/mol. The van der Waals surface area contributed by atoms with E-state index in [4.69, 9.17) is 16.7 Å². The maximum Gasteiger partial charge on any atom is 0.337 e. The second kappa shape index (κ2) is 7.20. The summed E-state index contributed by atoms with van der Waals surface area (Å²) in [5.74, 6) is -0.539. The summed E-state index contributed by atoms with van der Waals surface area (Å²) in [5.41, 5.74) is 0.0112. The Morgan fingerprint density at radius 3 is 2.70 bits per heavy atom. The van der Waals surface area contributed by atoms with Crippen LogP contribution in [0.5, 0.6) is 0 Å². The maximum atomic E-state index is 12.2. The van der Waals surface area contributed by atoms with E-state index in [1.54, 1.807) is 6.07 Å². The van der Waals surface area contributed by atoms with E-state index in [1.165, 1.54) is 25.0 Å². The van der Waals surface area contributed by atoms with Gasteiger partial charge in [-0.3, -0.25) is 4.21 Å². The van der Waals surface area contributed by atoms with E-state index in [-0.39, 0.29) is 10.6 Å². The van der Waals surface area contributed by atoms with Gasteiger partial charge in [-0.05, 0) is 57.1 Å². The van der Waals surface area contributed by atoms with E-state index < -0.39 is 16.8 Å². The number of carbonyl (C=O) groups is 1. The van der Waals surface area contributed by atoms with Gasteiger partial charge in [-0.1, -0.05) is 11.6 Å². The summed E-state index contributed by atoms with van der Waals surface area (Å²) in [7, 11) is -1.17. The Bertz CT molecular complexity index is 515. The van der Waals surface area contributed by atoms with Crippen LogP contribution in [0.2, 0.25) is 5.02 Å². The van der Waals surface area contributed by atoms with Crippen LogP contribution in [0.4, 0.5) is 0 Å². The van der Waals surface area contributed by atoms with Crippen molar-refractivity contribution < 1.29 is 14.1 Å². The average molecular weight is 316 g/mol. The lowest BCUT2D eigenvalue weighted by molar-refractivity contribution is 0.0697. The standard InChI is InChI=1S/C14H18ClNO3S/c15-13-5-4-11(10-12(13)14(17)18)20(19)9-3-8-16-6-1-2-7-16/h4-5,10H,1-3,6-9H2,(H,17,18). The molecule has 0 spiro atoms. The van der Waals surface area contributed by atoms with Crippen molar-refractivity contribution in [3.05, 3.63) is 28.8 Å². The third kappa shape index (κ3) is 4.04. The zero-order chi connectivity index (χ0) is 14.5. The van der Waals surface area contributed by atoms with Crippen LogP contribution in [0.25, 0.3) is 0 Å². The summed E-state index contributed by atoms with van der Waals surface area (Å²) >= 11 is 5.80. The van der Waals surface area contributed by atoms with Crippen molar-refractivity contribution in [3.8, 4) is 0 Å². The summed E-state index contributed by atoms with van der Waals surface area (Å²) in [5, 5.41) is 9.18. The molecule has 4 nitrogen and oxygen atoms in total. The zero-order valence-corrected chi connectivity index (χ0v) is 12.8. The smallest absolute Gasteiger partial charge is 0.337 e. The van der Waals surface area contributed by atoms with Crippen LogP contribution >= 0.6 is 11.6 Å². The van der Waals surface area contributed by atoms with Gasteiger partial charge in [0.15, 0.2) is 0 Å². The predicted octanol–water partition coefficient (Wildman–Crippen LogP) is 2.63. The summed E-state index contributed by atoms with van der Waals surface area (Å²) < 4.78 is 12.2. The van der Waals surface area contributed by atoms with Crippen molar-refractivity contribution in [1.29, 1.82) is 0 Å². The highest BCUT2D eigenvalue weighted by molar-refractivity contribution is 7.85. The molecule has 1 aliphatic rings. The van der Waals surface area contributed by atoms with Crippen molar-refractivity contribution in [2.24, 2.45) is 0 Å². The Morgan fingerprint density at radius 2 is 2.05 bits per heavy atom. The minimum atomic E-state index is -1.17. The van der Waals surface area contributed by atoms with Crippen molar-refractivity contribution in [2.45, 2.75) is 24.2 Å². The van der Waals surface area contributed by atoms with Gasteiger partial charge in [-0.25, -0.2) is 4.79 Å². The Morgan fingerprint density at radius 1 is 1.35 bits per heavy atom. The summed E-state index contributed by atoms with van der Waals surface area (Å²) in [6.07, 6.45) is 3.36. The second-order valence-corrected chi connectivity index (χ2v) is 6.88. The van der Waals surface area contributed by atoms with Gasteiger partial charge in [-0.15, -0.1) is 0 Å². The molecule has 1 aromatic carbocycles. The molecule has 0 aliphatic carbocycles. The lowest BCUT2D eigenvalue weighted by atomic mass is 10.2. The summed E-state index contributed by atoms with van der Waals surface area (Å²) in [6.45, 7) is 3.23. The van der Waals surface area contributed by atoms with E-state index in [2.05, 4.69) is 4.90 Å². The molecule has 1 N–H and O–H groups in total. The first kappa shape index (κ1) is 15.5. The molecule has 0 radical (unpaired) electrons. The lowest BCUT2D eigenvalue weighted by Crippen LogP contribution is -2.21. The Hall–Kier alpha value is -0.910. The van der Waals surface area contributed by atoms with Gasteiger partial charge >= 0.3 is 5.97 Å². The first-order valence-corrected chi connectivity index (χ1v) is 8.41. The molecule has 0 amide bonds. The van der Waals surface area contributed by atoms with Gasteiger partial charge in [0.1, 0.15) is 0 Å². The minimum Gasteiger partial charge on any atom is -0.478 e. The van der Waals surface area contributed by atoms with Gasteiger partial charge < -0.3 is 10.0 Å². The van der Waals surface area contributed by atoms with E-state index in [0.717, 1.165) is 26.1 Å². The van der Waals surface area contributed by atoms with Gasteiger partial charge in [0.05, 0.1) is 21.4 Å². The van der Waals surface area contributed by atoms with E-state index >= 15 is 0 Å². The number of hydrogen-bond acceptors (Lipinski definition) is 3. The third-order valence-electron chi connectivity index (χ3n) is 3.43. The maximum absolute atomic E-state index is 12.2. The van der Waals surface area contributed by atoms with Gasteiger partial charge in [-0.2, -0.15) is 0 Å². The molecule has 1 heterocycles. The van der Waals surface area contributed by atoms with Crippen molar-refractivity contribution >= 4 is 28.4 Å². The number of carboxylic acid groups (broad SMARTS) is 1. The number of carboxylic acids is 1. The Labute approximate surface area is 126 Å². The molecule has 1 saturated heterocycles. The molecule has 1 aliphatic heterocycles. The molecule has 1 unspecified atom stereocenters. The molecule has 20 heavy (non-hydrogen) atoms. The Balaban J connectivity index is 1.91. The third-order valence-corrected chi connectivity index (χ3v) is 5.20. The molecule has 2 rings (SSSR count). The Kier molecular flexibility index (Phi) is 5.57. The van der Waals surface area contributed by atoms with Crippen molar-refractivity contribution in [3.63, 3.8) is 0 Å². The first-order chi connectivity index (χ1) is 9.58. The van der Waals surface area contributed by atoms with Crippen LogP contribution in [0.15, 0.2) is 23.1 Å². The van der Waals surface area contributed by atoms with Crippen LogP contribution in [-0.4, -0.2) is 45.6 Å². The molecule has 110 valence electrons. The summed E-state index contributed by atoms with van der Waals surface area (Å²) in [6, 6.07) is 4.55. The fraction of sp³-hybridized carbons (Fsp3) is 0.500. The number of rotatable bonds is 6. The van der Waals surface area contributed by atoms with Crippen LogP contribution in [0, 0.1) is 0 Å². The predicted molar refractivity (Wildman–Crippen MR) is 80.0 cm³/mol. The highest BCUT2D eigenvalue weighted by atomic mass is 35.5. The normalized spacial score (nSPS) is 17.2. The molecule has 0 bridgehead atoms. The quantitative estimate of drug-likeness (QED) is 0.876. The molecule has 0 saturated carbocycles. The molecular weight excluding hydrogens is 298 g/mol. The van der Waals surface area contributed by atoms with Gasteiger partial charge in [0, 0.05) is 10.6 Å². The highest BCUT2D eigenvalue weighted by Crippen LogP contribution is 2.20. The number of benzene rings is 1. The number of likely N-dealkylation sites (tertiary alicyclic amines) is 1. The van der Waals surface area contributed by atoms with Crippen molar-refractivity contribution in [1.82, 2.24) is 4.90 Å². The SMILES string of the molecule is O=C(O)c1cc(S(=O)CCCN2CCCC2)ccc1Cl. The van der Waals surface area contributed by atoms with E-state index in [1.807, 2.05) is 0 Å². The number of halogens is 1. The van der Waals surface area contributed by atoms with Crippen LogP contribution in [-0.2, 0) is 10.8 Å². The minimum absolute atomic E-state index is 0.0112. The zero-order valence-electron chi connectivity index (χ0n) is 11.2. The van der Waals surface area contributed by atoms with Gasteiger partial charge in [0.25, 0.3) is 0 Å². The average Bonchev–Trinajstić information content (AvgIpc) is 2.92. The highest BCUT2D eigenvalue weighted by Gasteiger charge is 2.14. The number of aromatic carboxylic acids is 1. The fourth-order valence-corrected chi connectivity index (χ4v) is 3.65. The van der Waals surface area contributed by atoms with E-state index in [9.17, 15) is 9.00 Å². The van der Waals surface area contributed by atoms with Crippen LogP contribution in [0.1, 0.15) is 29.6 Å². The lowest BCUT2D eigenvalue weighted by Gasteiger charge is -2.13. The molecule has 6 heteroatoms. The molecule has 1 aromatic rings. The van der Waals surface area contributed by atoms with Crippen molar-refractivity contribution in [2.75, 3.05) is 25.4 Å². The molecule has 1 atom stereocenters. The van der Waals surface area contributed by atoms with Crippen LogP contribution < -0.4 is 0 Å². The topological polar surface area (TPSA) is 57.6 Å². The largest absolute Gasteiger partial charge is 0.478 e. The van der Waals surface area contributed by atoms with Crippen LogP contribution in [0.3, 0.4) is 0 Å². The molecule has 1 fully saturated rings. The number of hydrogen-bond donors (Lipinski definition) is 1. The number of nitrogens with zero attached hydrogens (tertiary/aromatic N) is 1.